The van der Waals surface area contributed by atoms with Gasteiger partial charge < -0.3 is 4.74 Å². The molecule has 0 bridgehead atoms. The lowest BCUT2D eigenvalue weighted by atomic mass is 10.1. The quantitative estimate of drug-likeness (QED) is 0.716. The topological polar surface area (TPSA) is 46.6 Å². The maximum absolute atomic E-state index is 11.4. The van der Waals surface area contributed by atoms with Crippen LogP contribution in [0.15, 0.2) is 24.3 Å². The van der Waals surface area contributed by atoms with Gasteiger partial charge in [-0.1, -0.05) is 0 Å². The Morgan fingerprint density at radius 1 is 1.38 bits per heavy atom. The third-order valence-corrected chi connectivity index (χ3v) is 2.55. The Balaban J connectivity index is 2.22. The van der Waals surface area contributed by atoms with E-state index >= 15 is 0 Å². The molecule has 4 heteroatoms. The van der Waals surface area contributed by atoms with Crippen LogP contribution in [0.25, 0.3) is 0 Å². The van der Waals surface area contributed by atoms with Crippen LogP contribution in [0.5, 0.6) is 0 Å². The van der Waals surface area contributed by atoms with Crippen molar-refractivity contribution in [3.05, 3.63) is 29.8 Å². The molecule has 0 spiro atoms. The van der Waals surface area contributed by atoms with Crippen LogP contribution < -0.4 is 4.90 Å². The molecule has 0 aliphatic carbocycles. The summed E-state index contributed by atoms with van der Waals surface area (Å²) in [5.74, 6) is 0.0175. The van der Waals surface area contributed by atoms with Crippen molar-refractivity contribution in [1.82, 2.24) is 0 Å². The maximum atomic E-state index is 11.4. The first kappa shape index (κ1) is 10.7. The molecule has 0 aromatic heterocycles. The van der Waals surface area contributed by atoms with E-state index in [4.69, 9.17) is 4.74 Å². The van der Waals surface area contributed by atoms with Crippen LogP contribution in [0.4, 0.5) is 10.5 Å². The average Bonchev–Trinajstić information content (AvgIpc) is 2.58. The number of Topliss-reactive ketones (excluding diaryl/α,β-unsaturated/α-hetero) is 1. The number of benzene rings is 1. The number of rotatable bonds is 2. The Labute approximate surface area is 93.8 Å². The number of ketones is 1. The molecule has 0 N–H and O–H groups in total. The van der Waals surface area contributed by atoms with Gasteiger partial charge in [-0.25, -0.2) is 4.79 Å². The normalized spacial score (nSPS) is 19.8. The van der Waals surface area contributed by atoms with Crippen molar-refractivity contribution < 1.29 is 14.3 Å². The molecule has 1 aliphatic rings. The lowest BCUT2D eigenvalue weighted by molar-refractivity contribution is 0.101. The van der Waals surface area contributed by atoms with Crippen LogP contribution in [0.1, 0.15) is 24.2 Å². The van der Waals surface area contributed by atoms with Crippen molar-refractivity contribution in [1.29, 1.82) is 0 Å². The highest BCUT2D eigenvalue weighted by Gasteiger charge is 2.29. The van der Waals surface area contributed by atoms with Crippen molar-refractivity contribution in [2.75, 3.05) is 11.4 Å². The van der Waals surface area contributed by atoms with Gasteiger partial charge in [0.2, 0.25) is 0 Å². The first-order valence-corrected chi connectivity index (χ1v) is 5.17. The van der Waals surface area contributed by atoms with Gasteiger partial charge >= 0.3 is 6.09 Å². The molecule has 0 saturated carbocycles. The standard InChI is InChI=1S/C12H13NO3/c1-8-7-13(12(15)16-8)11-5-3-10(4-6-11)9(2)14/h3-6,8H,7H2,1-2H3/t8-/m0/s1. The number of carbonyl (C=O) groups excluding carboxylic acids is 2. The van der Waals surface area contributed by atoms with Gasteiger partial charge in [-0.15, -0.1) is 0 Å². The van der Waals surface area contributed by atoms with E-state index in [2.05, 4.69) is 0 Å². The Morgan fingerprint density at radius 3 is 2.44 bits per heavy atom. The van der Waals surface area contributed by atoms with E-state index in [-0.39, 0.29) is 18.0 Å². The van der Waals surface area contributed by atoms with E-state index in [1.54, 1.807) is 29.2 Å². The van der Waals surface area contributed by atoms with Crippen LogP contribution in [0.3, 0.4) is 0 Å². The van der Waals surface area contributed by atoms with Crippen LogP contribution >= 0.6 is 0 Å². The van der Waals surface area contributed by atoms with Crippen molar-refractivity contribution >= 4 is 17.6 Å². The van der Waals surface area contributed by atoms with Crippen LogP contribution in [0, 0.1) is 0 Å². The summed E-state index contributed by atoms with van der Waals surface area (Å²) in [7, 11) is 0. The van der Waals surface area contributed by atoms with Gasteiger partial charge in [0.1, 0.15) is 6.10 Å². The monoisotopic (exact) mass is 219 g/mol. The largest absolute Gasteiger partial charge is 0.444 e. The maximum Gasteiger partial charge on any atom is 0.414 e. The minimum atomic E-state index is -0.330. The summed E-state index contributed by atoms with van der Waals surface area (Å²) in [4.78, 5) is 24.1. The van der Waals surface area contributed by atoms with E-state index in [0.29, 0.717) is 12.1 Å². The Bertz CT molecular complexity index is 424. The third kappa shape index (κ3) is 1.91. The van der Waals surface area contributed by atoms with Gasteiger partial charge in [-0.05, 0) is 38.1 Å². The summed E-state index contributed by atoms with van der Waals surface area (Å²) in [6.07, 6.45) is -0.414. The summed E-state index contributed by atoms with van der Waals surface area (Å²) in [5, 5.41) is 0. The molecule has 0 unspecified atom stereocenters. The zero-order valence-electron chi connectivity index (χ0n) is 9.27. The molecular weight excluding hydrogens is 206 g/mol. The van der Waals surface area contributed by atoms with Gasteiger partial charge in [-0.2, -0.15) is 0 Å². The van der Waals surface area contributed by atoms with Gasteiger partial charge in [0.15, 0.2) is 5.78 Å². The molecular formula is C12H13NO3. The first-order chi connectivity index (χ1) is 7.58. The lowest BCUT2D eigenvalue weighted by Crippen LogP contribution is -2.23. The van der Waals surface area contributed by atoms with E-state index in [0.717, 1.165) is 5.69 Å². The molecule has 1 saturated heterocycles. The molecule has 1 amide bonds. The zero-order valence-corrected chi connectivity index (χ0v) is 9.27. The molecule has 0 radical (unpaired) electrons. The molecule has 4 nitrogen and oxygen atoms in total. The SMILES string of the molecule is CC(=O)c1ccc(N2C[C@H](C)OC2=O)cc1. The van der Waals surface area contributed by atoms with Crippen LogP contribution in [0.2, 0.25) is 0 Å². The molecule has 1 fully saturated rings. The van der Waals surface area contributed by atoms with Crippen molar-refractivity contribution in [3.8, 4) is 0 Å². The van der Waals surface area contributed by atoms with E-state index < -0.39 is 0 Å². The second-order valence-corrected chi connectivity index (χ2v) is 3.91. The van der Waals surface area contributed by atoms with Gasteiger partial charge in [0.05, 0.1) is 6.54 Å². The van der Waals surface area contributed by atoms with Gasteiger partial charge in [0, 0.05) is 11.3 Å². The van der Waals surface area contributed by atoms with Crippen molar-refractivity contribution in [2.24, 2.45) is 0 Å². The number of cyclic esters (lactones) is 1. The molecule has 2 rings (SSSR count). The predicted molar refractivity (Wildman–Crippen MR) is 59.7 cm³/mol. The molecule has 1 aromatic rings. The predicted octanol–water partition coefficient (Wildman–Crippen LogP) is 2.23. The lowest BCUT2D eigenvalue weighted by Gasteiger charge is -2.12. The highest BCUT2D eigenvalue weighted by Crippen LogP contribution is 2.21. The minimum absolute atomic E-state index is 0.0175. The Kier molecular flexibility index (Phi) is 2.64. The summed E-state index contributed by atoms with van der Waals surface area (Å²) in [5.41, 5.74) is 1.41. The first-order valence-electron chi connectivity index (χ1n) is 5.17. The van der Waals surface area contributed by atoms with E-state index in [9.17, 15) is 9.59 Å². The van der Waals surface area contributed by atoms with Crippen LogP contribution in [-0.2, 0) is 4.74 Å². The number of anilines is 1. The van der Waals surface area contributed by atoms with Crippen LogP contribution in [-0.4, -0.2) is 24.5 Å². The smallest absolute Gasteiger partial charge is 0.414 e. The second kappa shape index (κ2) is 3.96. The third-order valence-electron chi connectivity index (χ3n) is 2.55. The number of hydrogen-bond acceptors (Lipinski definition) is 3. The van der Waals surface area contributed by atoms with Gasteiger partial charge in [-0.3, -0.25) is 9.69 Å². The highest BCUT2D eigenvalue weighted by atomic mass is 16.6. The Morgan fingerprint density at radius 2 is 2.00 bits per heavy atom. The molecule has 1 aliphatic heterocycles. The molecule has 1 atom stereocenters. The number of amides is 1. The number of nitrogens with zero attached hydrogens (tertiary/aromatic N) is 1. The summed E-state index contributed by atoms with van der Waals surface area (Å²) in [6, 6.07) is 6.95. The summed E-state index contributed by atoms with van der Waals surface area (Å²) in [6.45, 7) is 3.92. The van der Waals surface area contributed by atoms with E-state index in [1.165, 1.54) is 6.92 Å². The van der Waals surface area contributed by atoms with Crippen molar-refractivity contribution in [2.45, 2.75) is 20.0 Å². The fourth-order valence-electron chi connectivity index (χ4n) is 1.69. The van der Waals surface area contributed by atoms with E-state index in [1.807, 2.05) is 6.92 Å². The number of hydrogen-bond donors (Lipinski definition) is 0. The molecule has 16 heavy (non-hydrogen) atoms. The average molecular weight is 219 g/mol. The molecule has 1 heterocycles. The number of carbonyl (C=O) groups is 2. The van der Waals surface area contributed by atoms with Gasteiger partial charge in [0.25, 0.3) is 0 Å². The Hall–Kier alpha value is -1.84. The second-order valence-electron chi connectivity index (χ2n) is 3.91. The fraction of sp³-hybridized carbons (Fsp3) is 0.333. The summed E-state index contributed by atoms with van der Waals surface area (Å²) >= 11 is 0. The molecule has 1 aromatic carbocycles. The zero-order chi connectivity index (χ0) is 11.7. The minimum Gasteiger partial charge on any atom is -0.444 e. The number of ether oxygens (including phenoxy) is 1. The highest BCUT2D eigenvalue weighted by molar-refractivity contribution is 5.95. The molecule has 84 valence electrons. The van der Waals surface area contributed by atoms with Crippen molar-refractivity contribution in [3.63, 3.8) is 0 Å². The summed E-state index contributed by atoms with van der Waals surface area (Å²) < 4.78 is 5.03. The fourth-order valence-corrected chi connectivity index (χ4v) is 1.69.